The maximum Gasteiger partial charge on any atom is 0.269 e. The van der Waals surface area contributed by atoms with Gasteiger partial charge in [-0.1, -0.05) is 12.5 Å². The van der Waals surface area contributed by atoms with Gasteiger partial charge in [0.15, 0.2) is 0 Å². The molecule has 1 amide bonds. The van der Waals surface area contributed by atoms with Crippen LogP contribution in [0.3, 0.4) is 0 Å². The van der Waals surface area contributed by atoms with Crippen molar-refractivity contribution in [2.45, 2.75) is 38.6 Å². The largest absolute Gasteiger partial charge is 0.497 e. The number of fused-ring (bicyclic) bond motifs is 2. The number of aryl methyl sites for hydroxylation is 1. The van der Waals surface area contributed by atoms with E-state index < -0.39 is 0 Å². The van der Waals surface area contributed by atoms with Crippen LogP contribution in [0, 0.1) is 0 Å². The van der Waals surface area contributed by atoms with Gasteiger partial charge >= 0.3 is 0 Å². The maximum atomic E-state index is 12.4. The van der Waals surface area contributed by atoms with E-state index in [4.69, 9.17) is 4.74 Å². The molecule has 1 aliphatic rings. The maximum absolute atomic E-state index is 12.4. The van der Waals surface area contributed by atoms with E-state index in [-0.39, 0.29) is 5.91 Å². The minimum absolute atomic E-state index is 0.177. The highest BCUT2D eigenvalue weighted by Crippen LogP contribution is 2.19. The second-order valence-corrected chi connectivity index (χ2v) is 6.76. The second-order valence-electron chi connectivity index (χ2n) is 6.76. The molecule has 27 heavy (non-hydrogen) atoms. The van der Waals surface area contributed by atoms with Crippen molar-refractivity contribution in [1.82, 2.24) is 25.1 Å². The lowest BCUT2D eigenvalue weighted by molar-refractivity contribution is 0.0949. The molecule has 2 aromatic heterocycles. The molecule has 1 aromatic carbocycles. The van der Waals surface area contributed by atoms with Crippen LogP contribution in [0.15, 0.2) is 30.3 Å². The number of hydrogen-bond acceptors (Lipinski definition) is 5. The van der Waals surface area contributed by atoms with E-state index in [1.165, 1.54) is 12.8 Å². The molecule has 0 aliphatic carbocycles. The van der Waals surface area contributed by atoms with E-state index in [0.29, 0.717) is 18.7 Å². The van der Waals surface area contributed by atoms with E-state index in [9.17, 15) is 4.79 Å². The van der Waals surface area contributed by atoms with Crippen LogP contribution in [0.5, 0.6) is 5.75 Å². The number of aromatic nitrogens is 4. The number of carbonyl (C=O) groups excluding carboxylic acids is 1. The van der Waals surface area contributed by atoms with Gasteiger partial charge in [-0.3, -0.25) is 4.79 Å². The van der Waals surface area contributed by atoms with Gasteiger partial charge in [0.25, 0.3) is 5.91 Å². The third-order valence-electron chi connectivity index (χ3n) is 4.95. The number of nitrogens with one attached hydrogen (secondary N) is 1. The Morgan fingerprint density at radius 1 is 1.19 bits per heavy atom. The molecule has 0 unspecified atom stereocenters. The van der Waals surface area contributed by atoms with Crippen molar-refractivity contribution in [3.8, 4) is 5.75 Å². The fraction of sp³-hybridized carbons (Fsp3) is 0.400. The SMILES string of the molecule is COc1ccc2nc(C(=O)NCCc3nnc4n3CCCCC4)ccc2c1. The molecule has 0 saturated heterocycles. The van der Waals surface area contributed by atoms with Gasteiger partial charge in [0.05, 0.1) is 12.6 Å². The lowest BCUT2D eigenvalue weighted by Crippen LogP contribution is -2.27. The summed E-state index contributed by atoms with van der Waals surface area (Å²) in [7, 11) is 1.63. The molecule has 0 saturated carbocycles. The highest BCUT2D eigenvalue weighted by Gasteiger charge is 2.15. The zero-order chi connectivity index (χ0) is 18.6. The van der Waals surface area contributed by atoms with Gasteiger partial charge in [0.2, 0.25) is 0 Å². The number of benzene rings is 1. The Kier molecular flexibility index (Phi) is 5.00. The fourth-order valence-electron chi connectivity index (χ4n) is 3.47. The average Bonchev–Trinajstić information content (AvgIpc) is 2.93. The lowest BCUT2D eigenvalue weighted by atomic mass is 10.2. The van der Waals surface area contributed by atoms with Crippen LogP contribution >= 0.6 is 0 Å². The van der Waals surface area contributed by atoms with Gasteiger partial charge in [0, 0.05) is 31.3 Å². The third kappa shape index (κ3) is 3.77. The number of ether oxygens (including phenoxy) is 1. The van der Waals surface area contributed by atoms with E-state index >= 15 is 0 Å². The van der Waals surface area contributed by atoms with Crippen LogP contribution in [0.4, 0.5) is 0 Å². The first kappa shape index (κ1) is 17.5. The van der Waals surface area contributed by atoms with Crippen LogP contribution in [0.1, 0.15) is 41.4 Å². The predicted molar refractivity (Wildman–Crippen MR) is 102 cm³/mol. The van der Waals surface area contributed by atoms with Crippen LogP contribution in [0.25, 0.3) is 10.9 Å². The highest BCUT2D eigenvalue weighted by atomic mass is 16.5. The minimum Gasteiger partial charge on any atom is -0.497 e. The smallest absolute Gasteiger partial charge is 0.269 e. The molecule has 0 fully saturated rings. The Labute approximate surface area is 157 Å². The van der Waals surface area contributed by atoms with Crippen molar-refractivity contribution < 1.29 is 9.53 Å². The van der Waals surface area contributed by atoms with Gasteiger partial charge < -0.3 is 14.6 Å². The summed E-state index contributed by atoms with van der Waals surface area (Å²) in [6, 6.07) is 9.23. The molecular formula is C20H23N5O2. The first-order valence-corrected chi connectivity index (χ1v) is 9.38. The monoisotopic (exact) mass is 365 g/mol. The molecule has 7 nitrogen and oxygen atoms in total. The van der Waals surface area contributed by atoms with E-state index in [1.807, 2.05) is 24.3 Å². The first-order valence-electron chi connectivity index (χ1n) is 9.38. The topological polar surface area (TPSA) is 81.9 Å². The average molecular weight is 365 g/mol. The number of carbonyl (C=O) groups is 1. The van der Waals surface area contributed by atoms with Gasteiger partial charge in [-0.2, -0.15) is 0 Å². The summed E-state index contributed by atoms with van der Waals surface area (Å²) in [6.45, 7) is 1.49. The van der Waals surface area contributed by atoms with Gasteiger partial charge in [0.1, 0.15) is 23.1 Å². The number of methoxy groups -OCH3 is 1. The highest BCUT2D eigenvalue weighted by molar-refractivity contribution is 5.95. The molecule has 0 bridgehead atoms. The molecule has 140 valence electrons. The number of amides is 1. The van der Waals surface area contributed by atoms with Crippen LogP contribution in [-0.4, -0.2) is 39.3 Å². The summed E-state index contributed by atoms with van der Waals surface area (Å²) in [5, 5.41) is 12.5. The number of pyridine rings is 1. The zero-order valence-corrected chi connectivity index (χ0v) is 15.4. The summed E-state index contributed by atoms with van der Waals surface area (Å²) >= 11 is 0. The molecular weight excluding hydrogens is 342 g/mol. The summed E-state index contributed by atoms with van der Waals surface area (Å²) in [5.74, 6) is 2.61. The van der Waals surface area contributed by atoms with E-state index in [1.54, 1.807) is 13.2 Å². The minimum atomic E-state index is -0.177. The van der Waals surface area contributed by atoms with Crippen LogP contribution < -0.4 is 10.1 Å². The van der Waals surface area contributed by atoms with Gasteiger partial charge in [-0.15, -0.1) is 10.2 Å². The van der Waals surface area contributed by atoms with Gasteiger partial charge in [-0.05, 0) is 37.1 Å². The Morgan fingerprint density at radius 2 is 2.11 bits per heavy atom. The summed E-state index contributed by atoms with van der Waals surface area (Å²) in [5.41, 5.74) is 1.18. The third-order valence-corrected chi connectivity index (χ3v) is 4.95. The van der Waals surface area contributed by atoms with Crippen LogP contribution in [0.2, 0.25) is 0 Å². The zero-order valence-electron chi connectivity index (χ0n) is 15.4. The van der Waals surface area contributed by atoms with E-state index in [2.05, 4.69) is 25.1 Å². The summed E-state index contributed by atoms with van der Waals surface area (Å²) in [6.07, 6.45) is 5.23. The Hall–Kier alpha value is -2.96. The molecule has 1 N–H and O–H groups in total. The first-order chi connectivity index (χ1) is 13.2. The normalized spacial score (nSPS) is 13.8. The molecule has 3 aromatic rings. The van der Waals surface area contributed by atoms with Crippen molar-refractivity contribution in [3.05, 3.63) is 47.7 Å². The summed E-state index contributed by atoms with van der Waals surface area (Å²) in [4.78, 5) is 16.9. The number of nitrogens with zero attached hydrogens (tertiary/aromatic N) is 4. The Balaban J connectivity index is 1.39. The predicted octanol–water partition coefficient (Wildman–Crippen LogP) is 2.53. The van der Waals surface area contributed by atoms with Crippen LogP contribution in [-0.2, 0) is 19.4 Å². The van der Waals surface area contributed by atoms with Crippen molar-refractivity contribution in [2.75, 3.05) is 13.7 Å². The molecule has 3 heterocycles. The van der Waals surface area contributed by atoms with Crippen molar-refractivity contribution in [3.63, 3.8) is 0 Å². The van der Waals surface area contributed by atoms with Crippen molar-refractivity contribution in [1.29, 1.82) is 0 Å². The number of rotatable bonds is 5. The quantitative estimate of drug-likeness (QED) is 0.751. The van der Waals surface area contributed by atoms with Gasteiger partial charge in [-0.25, -0.2) is 4.98 Å². The Morgan fingerprint density at radius 3 is 3.00 bits per heavy atom. The Bertz CT molecular complexity index is 966. The fourth-order valence-corrected chi connectivity index (χ4v) is 3.47. The lowest BCUT2D eigenvalue weighted by Gasteiger charge is -2.08. The molecule has 0 radical (unpaired) electrons. The van der Waals surface area contributed by atoms with E-state index in [0.717, 1.165) is 47.7 Å². The molecule has 1 aliphatic heterocycles. The molecule has 7 heteroatoms. The molecule has 0 spiro atoms. The summed E-state index contributed by atoms with van der Waals surface area (Å²) < 4.78 is 7.42. The van der Waals surface area contributed by atoms with Crippen molar-refractivity contribution >= 4 is 16.8 Å². The number of hydrogen-bond donors (Lipinski definition) is 1. The molecule has 4 rings (SSSR count). The standard InChI is InChI=1S/C20H23N5O2/c1-27-15-7-9-16-14(13-15)6-8-17(22-16)20(26)21-11-10-19-24-23-18-5-3-2-4-12-25(18)19/h6-9,13H,2-5,10-12H2,1H3,(H,21,26). The van der Waals surface area contributed by atoms with Crippen molar-refractivity contribution in [2.24, 2.45) is 0 Å². The molecule has 0 atom stereocenters. The second kappa shape index (κ2) is 7.73.